The molecule has 0 aromatic carbocycles. The van der Waals surface area contributed by atoms with Crippen LogP contribution in [0.3, 0.4) is 0 Å². The molecular formula is C18H27N7O. The summed E-state index contributed by atoms with van der Waals surface area (Å²) in [6.45, 7) is 3.94. The van der Waals surface area contributed by atoms with Gasteiger partial charge in [-0.2, -0.15) is 5.10 Å². The number of carbonyl (C=O) groups is 1. The van der Waals surface area contributed by atoms with E-state index in [-0.39, 0.29) is 5.91 Å². The standard InChI is InChI=1S/C18H27N7O/c1-23-17-15(11-21-23)18(20-13-19-17)25-9-7-24(8-10-25)12-16(26)22-14-5-3-2-4-6-14/h11,13-14H,2-10,12H2,1H3,(H,22,26). The molecule has 140 valence electrons. The van der Waals surface area contributed by atoms with Gasteiger partial charge < -0.3 is 10.2 Å². The molecule has 0 unspecified atom stereocenters. The molecule has 0 bridgehead atoms. The van der Waals surface area contributed by atoms with Crippen molar-refractivity contribution >= 4 is 22.8 Å². The molecule has 1 saturated heterocycles. The Bertz CT molecular complexity index is 760. The predicted octanol–water partition coefficient (Wildman–Crippen LogP) is 0.934. The minimum atomic E-state index is 0.169. The van der Waals surface area contributed by atoms with Crippen LogP contribution in [0, 0.1) is 0 Å². The van der Waals surface area contributed by atoms with Gasteiger partial charge in [-0.1, -0.05) is 19.3 Å². The zero-order valence-electron chi connectivity index (χ0n) is 15.4. The van der Waals surface area contributed by atoms with Crippen molar-refractivity contribution in [2.75, 3.05) is 37.6 Å². The van der Waals surface area contributed by atoms with Gasteiger partial charge in [0.25, 0.3) is 0 Å². The van der Waals surface area contributed by atoms with Gasteiger partial charge in [-0.25, -0.2) is 9.97 Å². The summed E-state index contributed by atoms with van der Waals surface area (Å²) in [6, 6.07) is 0.387. The first-order valence-electron chi connectivity index (χ1n) is 9.60. The molecule has 3 heterocycles. The molecule has 1 aliphatic carbocycles. The van der Waals surface area contributed by atoms with Crippen molar-refractivity contribution in [3.05, 3.63) is 12.5 Å². The second kappa shape index (κ2) is 7.57. The molecule has 8 heteroatoms. The van der Waals surface area contributed by atoms with Crippen molar-refractivity contribution in [2.24, 2.45) is 7.05 Å². The summed E-state index contributed by atoms with van der Waals surface area (Å²) in [4.78, 5) is 25.6. The van der Waals surface area contributed by atoms with E-state index in [1.165, 1.54) is 19.3 Å². The maximum Gasteiger partial charge on any atom is 0.234 e. The van der Waals surface area contributed by atoms with E-state index in [2.05, 4.69) is 30.2 Å². The van der Waals surface area contributed by atoms with E-state index >= 15 is 0 Å². The van der Waals surface area contributed by atoms with Gasteiger partial charge in [0.1, 0.15) is 12.1 Å². The van der Waals surface area contributed by atoms with Crippen LogP contribution in [-0.4, -0.2) is 69.3 Å². The third-order valence-electron chi connectivity index (χ3n) is 5.52. The number of rotatable bonds is 4. The van der Waals surface area contributed by atoms with Crippen molar-refractivity contribution in [1.29, 1.82) is 0 Å². The van der Waals surface area contributed by atoms with Gasteiger partial charge in [0.05, 0.1) is 18.1 Å². The number of nitrogens with zero attached hydrogens (tertiary/aromatic N) is 6. The Morgan fingerprint density at radius 2 is 1.92 bits per heavy atom. The van der Waals surface area contributed by atoms with Crippen LogP contribution in [0.25, 0.3) is 11.0 Å². The molecule has 1 amide bonds. The van der Waals surface area contributed by atoms with Crippen LogP contribution in [0.15, 0.2) is 12.5 Å². The lowest BCUT2D eigenvalue weighted by Gasteiger charge is -2.35. The number of nitrogens with one attached hydrogen (secondary N) is 1. The number of carbonyl (C=O) groups excluding carboxylic acids is 1. The molecule has 0 atom stereocenters. The summed E-state index contributed by atoms with van der Waals surface area (Å²) in [7, 11) is 1.89. The fourth-order valence-corrected chi connectivity index (χ4v) is 4.04. The zero-order chi connectivity index (χ0) is 17.9. The third-order valence-corrected chi connectivity index (χ3v) is 5.52. The van der Waals surface area contributed by atoms with Gasteiger partial charge in [0, 0.05) is 39.3 Å². The van der Waals surface area contributed by atoms with Gasteiger partial charge in [-0.15, -0.1) is 0 Å². The van der Waals surface area contributed by atoms with Crippen LogP contribution < -0.4 is 10.2 Å². The largest absolute Gasteiger partial charge is 0.353 e. The first kappa shape index (κ1) is 17.2. The SMILES string of the molecule is Cn1ncc2c(N3CCN(CC(=O)NC4CCCCC4)CC3)ncnc21. The van der Waals surface area contributed by atoms with Gasteiger partial charge >= 0.3 is 0 Å². The molecule has 1 N–H and O–H groups in total. The quantitative estimate of drug-likeness (QED) is 0.877. The van der Waals surface area contributed by atoms with Gasteiger partial charge in [-0.3, -0.25) is 14.4 Å². The third kappa shape index (κ3) is 3.65. The summed E-state index contributed by atoms with van der Waals surface area (Å²) in [5.41, 5.74) is 0.851. The number of piperazine rings is 1. The lowest BCUT2D eigenvalue weighted by Crippen LogP contribution is -2.51. The summed E-state index contributed by atoms with van der Waals surface area (Å²) in [5, 5.41) is 8.48. The number of amides is 1. The number of fused-ring (bicyclic) bond motifs is 1. The van der Waals surface area contributed by atoms with E-state index in [0.717, 1.165) is 55.9 Å². The summed E-state index contributed by atoms with van der Waals surface area (Å²) < 4.78 is 1.77. The monoisotopic (exact) mass is 357 g/mol. The Labute approximate surface area is 153 Å². The second-order valence-corrected chi connectivity index (χ2v) is 7.37. The van der Waals surface area contributed by atoms with Crippen molar-refractivity contribution in [1.82, 2.24) is 30.0 Å². The van der Waals surface area contributed by atoms with E-state index in [0.29, 0.717) is 12.6 Å². The molecule has 2 aliphatic rings. The second-order valence-electron chi connectivity index (χ2n) is 7.37. The minimum Gasteiger partial charge on any atom is -0.353 e. The molecule has 2 aromatic heterocycles. The molecule has 0 spiro atoms. The Morgan fingerprint density at radius 1 is 1.15 bits per heavy atom. The smallest absolute Gasteiger partial charge is 0.234 e. The average molecular weight is 357 g/mol. The Hall–Kier alpha value is -2.22. The molecule has 1 saturated carbocycles. The van der Waals surface area contributed by atoms with Gasteiger partial charge in [0.2, 0.25) is 5.91 Å². The fourth-order valence-electron chi connectivity index (χ4n) is 4.04. The van der Waals surface area contributed by atoms with Crippen molar-refractivity contribution in [3.8, 4) is 0 Å². The zero-order valence-corrected chi connectivity index (χ0v) is 15.4. The van der Waals surface area contributed by atoms with Crippen molar-refractivity contribution < 1.29 is 4.79 Å². The van der Waals surface area contributed by atoms with Crippen LogP contribution in [0.4, 0.5) is 5.82 Å². The molecule has 4 rings (SSSR count). The summed E-state index contributed by atoms with van der Waals surface area (Å²) >= 11 is 0. The first-order valence-corrected chi connectivity index (χ1v) is 9.60. The van der Waals surface area contributed by atoms with Crippen molar-refractivity contribution in [3.63, 3.8) is 0 Å². The highest BCUT2D eigenvalue weighted by atomic mass is 16.2. The van der Waals surface area contributed by atoms with E-state index < -0.39 is 0 Å². The molecule has 1 aliphatic heterocycles. The minimum absolute atomic E-state index is 0.169. The highest BCUT2D eigenvalue weighted by molar-refractivity contribution is 5.86. The molecule has 8 nitrogen and oxygen atoms in total. The van der Waals surface area contributed by atoms with Crippen LogP contribution in [0.5, 0.6) is 0 Å². The van der Waals surface area contributed by atoms with Crippen LogP contribution in [-0.2, 0) is 11.8 Å². The summed E-state index contributed by atoms with van der Waals surface area (Å²) in [5.74, 6) is 1.11. The number of hydrogen-bond donors (Lipinski definition) is 1. The number of aromatic nitrogens is 4. The Kier molecular flexibility index (Phi) is 5.01. The van der Waals surface area contributed by atoms with E-state index in [1.807, 2.05) is 13.2 Å². The first-order chi connectivity index (χ1) is 12.7. The maximum atomic E-state index is 12.3. The average Bonchev–Trinajstić information content (AvgIpc) is 3.04. The fraction of sp³-hybridized carbons (Fsp3) is 0.667. The van der Waals surface area contributed by atoms with Crippen LogP contribution in [0.1, 0.15) is 32.1 Å². The van der Waals surface area contributed by atoms with Crippen molar-refractivity contribution in [2.45, 2.75) is 38.1 Å². The van der Waals surface area contributed by atoms with Gasteiger partial charge in [0.15, 0.2) is 5.65 Å². The lowest BCUT2D eigenvalue weighted by molar-refractivity contribution is -0.123. The maximum absolute atomic E-state index is 12.3. The van der Waals surface area contributed by atoms with Gasteiger partial charge in [-0.05, 0) is 12.8 Å². The van der Waals surface area contributed by atoms with E-state index in [4.69, 9.17) is 0 Å². The highest BCUT2D eigenvalue weighted by Crippen LogP contribution is 2.23. The van der Waals surface area contributed by atoms with E-state index in [1.54, 1.807) is 11.0 Å². The molecule has 26 heavy (non-hydrogen) atoms. The molecule has 0 radical (unpaired) electrons. The topological polar surface area (TPSA) is 79.2 Å². The molecular weight excluding hydrogens is 330 g/mol. The van der Waals surface area contributed by atoms with E-state index in [9.17, 15) is 4.79 Å². The summed E-state index contributed by atoms with van der Waals surface area (Å²) in [6.07, 6.45) is 9.49. The Balaban J connectivity index is 1.31. The normalized spacial score (nSPS) is 19.8. The highest BCUT2D eigenvalue weighted by Gasteiger charge is 2.23. The van der Waals surface area contributed by atoms with Crippen LogP contribution >= 0.6 is 0 Å². The predicted molar refractivity (Wildman–Crippen MR) is 100.0 cm³/mol. The molecule has 2 fully saturated rings. The number of anilines is 1. The number of aryl methyl sites for hydroxylation is 1. The Morgan fingerprint density at radius 3 is 2.69 bits per heavy atom. The lowest BCUT2D eigenvalue weighted by atomic mass is 9.95. The number of hydrogen-bond acceptors (Lipinski definition) is 6. The molecule has 2 aromatic rings. The van der Waals surface area contributed by atoms with Crippen LogP contribution in [0.2, 0.25) is 0 Å².